The van der Waals surface area contributed by atoms with Crippen LogP contribution in [0.5, 0.6) is 5.75 Å². The highest BCUT2D eigenvalue weighted by Crippen LogP contribution is 2.33. The second kappa shape index (κ2) is 13.1. The van der Waals surface area contributed by atoms with E-state index in [1.165, 1.54) is 32.6 Å². The van der Waals surface area contributed by atoms with Gasteiger partial charge in [-0.15, -0.1) is 0 Å². The van der Waals surface area contributed by atoms with Gasteiger partial charge in [0.15, 0.2) is 0 Å². The Bertz CT molecular complexity index is 1160. The van der Waals surface area contributed by atoms with E-state index in [2.05, 4.69) is 110 Å². The van der Waals surface area contributed by atoms with Crippen LogP contribution in [0.4, 0.5) is 0 Å². The van der Waals surface area contributed by atoms with Gasteiger partial charge in [-0.3, -0.25) is 0 Å². The van der Waals surface area contributed by atoms with Crippen LogP contribution in [-0.4, -0.2) is 5.11 Å². The third-order valence-corrected chi connectivity index (χ3v) is 8.17. The van der Waals surface area contributed by atoms with Crippen molar-refractivity contribution < 1.29 is 29.1 Å². The van der Waals surface area contributed by atoms with Crippen molar-refractivity contribution in [2.24, 2.45) is 0 Å². The number of benzene rings is 5. The Morgan fingerprint density at radius 1 is 0.441 bits per heavy atom. The van der Waals surface area contributed by atoms with Gasteiger partial charge in [0.05, 0.1) is 7.92 Å². The van der Waals surface area contributed by atoms with Gasteiger partial charge in [0.25, 0.3) is 0 Å². The highest BCUT2D eigenvalue weighted by Gasteiger charge is 2.24. The fourth-order valence-electron chi connectivity index (χ4n) is 3.71. The molecule has 0 aliphatic rings. The second-order valence-corrected chi connectivity index (χ2v) is 10.4. The summed E-state index contributed by atoms with van der Waals surface area (Å²) in [5, 5.41) is 13.5. The summed E-state index contributed by atoms with van der Waals surface area (Å²) < 4.78 is 0. The Hall–Kier alpha value is -2.94. The molecule has 5 aromatic carbocycles. The van der Waals surface area contributed by atoms with E-state index in [9.17, 15) is 5.11 Å². The maximum absolute atomic E-state index is 9.53. The molecule has 0 saturated heterocycles. The standard InChI is InChI=1S/C19H17OP.C12H10.HI/c1-15-7-11-18(12-8-15)21(17-5-3-2-4-6-17)19-13-9-16(20)10-14-19;1-3-7-11(8-4-1)12-9-5-2-6-10-12;/h2-14,20H,1H3;1-10H;1H. The van der Waals surface area contributed by atoms with Crippen LogP contribution in [0.3, 0.4) is 0 Å². The lowest BCUT2D eigenvalue weighted by atomic mass is 10.1. The number of rotatable bonds is 4. The first-order valence-corrected chi connectivity index (χ1v) is 12.6. The molecule has 0 aliphatic carbocycles. The third-order valence-electron chi connectivity index (χ3n) is 5.44. The molecule has 0 aromatic heterocycles. The Kier molecular flexibility index (Phi) is 9.88. The molecule has 0 radical (unpaired) electrons. The molecule has 5 rings (SSSR count). The van der Waals surface area contributed by atoms with Crippen LogP contribution in [0.2, 0.25) is 0 Å². The molecule has 0 bridgehead atoms. The molecule has 0 saturated carbocycles. The second-order valence-electron chi connectivity index (χ2n) is 7.89. The van der Waals surface area contributed by atoms with E-state index < -0.39 is 7.92 Å². The number of hydrogen-bond donors (Lipinski definition) is 1. The lowest BCUT2D eigenvalue weighted by molar-refractivity contribution is -0.00000743. The van der Waals surface area contributed by atoms with Crippen LogP contribution in [0.1, 0.15) is 5.56 Å². The molecule has 0 heterocycles. The molecule has 5 aromatic rings. The fourth-order valence-corrected chi connectivity index (χ4v) is 6.24. The predicted molar refractivity (Wildman–Crippen MR) is 145 cm³/mol. The summed E-state index contributed by atoms with van der Waals surface area (Å²) in [6.45, 7) is 2.11. The minimum absolute atomic E-state index is 0. The summed E-state index contributed by atoms with van der Waals surface area (Å²) in [6.07, 6.45) is 0. The number of phenolic OH excluding ortho intramolecular Hbond substituents is 1. The van der Waals surface area contributed by atoms with Crippen LogP contribution >= 0.6 is 7.92 Å². The van der Waals surface area contributed by atoms with Crippen LogP contribution < -0.4 is 39.9 Å². The van der Waals surface area contributed by atoms with Gasteiger partial charge in [-0.2, -0.15) is 0 Å². The summed E-state index contributed by atoms with van der Waals surface area (Å²) >= 11 is 0. The summed E-state index contributed by atoms with van der Waals surface area (Å²) in [4.78, 5) is 0. The van der Waals surface area contributed by atoms with Gasteiger partial charge in [0, 0.05) is 0 Å². The molecule has 3 heteroatoms. The SMILES string of the molecule is Cc1ccc([PH+](c2ccccc2)c2ccc(O)cc2)cc1.[I-].c1ccc(-c2ccccc2)cc1. The topological polar surface area (TPSA) is 20.2 Å². The zero-order chi connectivity index (χ0) is 22.9. The number of aryl methyl sites for hydroxylation is 1. The van der Waals surface area contributed by atoms with Crippen molar-refractivity contribution >= 4 is 23.8 Å². The van der Waals surface area contributed by atoms with Crippen molar-refractivity contribution in [3.8, 4) is 16.9 Å². The van der Waals surface area contributed by atoms with Crippen molar-refractivity contribution in [2.45, 2.75) is 6.92 Å². The number of phenols is 1. The third kappa shape index (κ3) is 7.03. The molecule has 34 heavy (non-hydrogen) atoms. The minimum Gasteiger partial charge on any atom is -1.00 e. The predicted octanol–water partition coefficient (Wildman–Crippen LogP) is 3.55. The van der Waals surface area contributed by atoms with Crippen molar-refractivity contribution in [1.29, 1.82) is 0 Å². The lowest BCUT2D eigenvalue weighted by Crippen LogP contribution is -3.00. The zero-order valence-electron chi connectivity index (χ0n) is 19.1. The summed E-state index contributed by atoms with van der Waals surface area (Å²) in [6, 6.07) is 47.8. The first-order valence-electron chi connectivity index (χ1n) is 11.1. The lowest BCUT2D eigenvalue weighted by Gasteiger charge is -2.11. The van der Waals surface area contributed by atoms with Crippen LogP contribution in [-0.2, 0) is 0 Å². The highest BCUT2D eigenvalue weighted by atomic mass is 127. The smallest absolute Gasteiger partial charge is 0.115 e. The van der Waals surface area contributed by atoms with Crippen molar-refractivity contribution in [3.63, 3.8) is 0 Å². The normalized spacial score (nSPS) is 10.9. The van der Waals surface area contributed by atoms with Gasteiger partial charge >= 0.3 is 0 Å². The van der Waals surface area contributed by atoms with Crippen molar-refractivity contribution in [3.05, 3.63) is 145 Å². The summed E-state index contributed by atoms with van der Waals surface area (Å²) in [7, 11) is -1.02. The number of aromatic hydroxyl groups is 1. The molecule has 0 aliphatic heterocycles. The maximum Gasteiger partial charge on any atom is 0.115 e. The maximum atomic E-state index is 9.53. The van der Waals surface area contributed by atoms with Gasteiger partial charge in [-0.1, -0.05) is 96.6 Å². The van der Waals surface area contributed by atoms with Crippen LogP contribution in [0.25, 0.3) is 11.1 Å². The Labute approximate surface area is 220 Å². The van der Waals surface area contributed by atoms with E-state index in [0.717, 1.165) is 0 Å². The first-order chi connectivity index (χ1) is 16.2. The van der Waals surface area contributed by atoms with Crippen molar-refractivity contribution in [1.82, 2.24) is 0 Å². The van der Waals surface area contributed by atoms with Gasteiger partial charge in [0.1, 0.15) is 21.7 Å². The molecular formula is C31H28IOP. The van der Waals surface area contributed by atoms with E-state index in [-0.39, 0.29) is 24.0 Å². The van der Waals surface area contributed by atoms with Gasteiger partial charge in [-0.25, -0.2) is 0 Å². The monoisotopic (exact) mass is 574 g/mol. The van der Waals surface area contributed by atoms with E-state index in [4.69, 9.17) is 0 Å². The fraction of sp³-hybridized carbons (Fsp3) is 0.0323. The quantitative estimate of drug-likeness (QED) is 0.257. The average Bonchev–Trinajstić information content (AvgIpc) is 2.89. The van der Waals surface area contributed by atoms with E-state index in [0.29, 0.717) is 5.75 Å². The molecule has 1 atom stereocenters. The molecule has 0 fully saturated rings. The van der Waals surface area contributed by atoms with E-state index in [1.807, 2.05) is 24.3 Å². The molecule has 1 nitrogen and oxygen atoms in total. The van der Waals surface area contributed by atoms with Crippen molar-refractivity contribution in [2.75, 3.05) is 0 Å². The number of hydrogen-bond acceptors (Lipinski definition) is 1. The first kappa shape index (κ1) is 25.7. The average molecular weight is 574 g/mol. The zero-order valence-corrected chi connectivity index (χ0v) is 22.3. The molecular weight excluding hydrogens is 546 g/mol. The largest absolute Gasteiger partial charge is 1.00 e. The molecule has 170 valence electrons. The molecule has 1 N–H and O–H groups in total. The van der Waals surface area contributed by atoms with E-state index in [1.54, 1.807) is 12.1 Å². The Morgan fingerprint density at radius 2 is 0.794 bits per heavy atom. The number of halogens is 1. The van der Waals surface area contributed by atoms with Crippen LogP contribution in [0, 0.1) is 6.92 Å². The molecule has 0 amide bonds. The van der Waals surface area contributed by atoms with Gasteiger partial charge in [-0.05, 0) is 66.6 Å². The summed E-state index contributed by atoms with van der Waals surface area (Å²) in [5.41, 5.74) is 3.83. The summed E-state index contributed by atoms with van der Waals surface area (Å²) in [5.74, 6) is 0.317. The van der Waals surface area contributed by atoms with Crippen LogP contribution in [0.15, 0.2) is 140 Å². The van der Waals surface area contributed by atoms with Gasteiger partial charge < -0.3 is 29.1 Å². The highest BCUT2D eigenvalue weighted by molar-refractivity contribution is 7.79. The van der Waals surface area contributed by atoms with E-state index >= 15 is 0 Å². The molecule has 1 unspecified atom stereocenters. The Balaban J connectivity index is 0.000000212. The molecule has 0 spiro atoms. The Morgan fingerprint density at radius 3 is 1.24 bits per heavy atom. The minimum atomic E-state index is -1.02. The van der Waals surface area contributed by atoms with Gasteiger partial charge in [0.2, 0.25) is 0 Å².